The van der Waals surface area contributed by atoms with E-state index in [1.165, 1.54) is 24.1 Å². The van der Waals surface area contributed by atoms with E-state index in [2.05, 4.69) is 21.2 Å². The number of aryl methyl sites for hydroxylation is 1. The fourth-order valence-electron chi connectivity index (χ4n) is 6.08. The number of nitrogens with zero attached hydrogens (tertiary/aromatic N) is 2. The molecule has 0 bridgehead atoms. The Morgan fingerprint density at radius 2 is 1.61 bits per heavy atom. The Labute approximate surface area is 302 Å². The molecule has 1 aliphatic carbocycles. The quantitative estimate of drug-likeness (QED) is 0.151. The molecular formula is C38H41BrClN3O5S. The molecule has 1 aliphatic rings. The summed E-state index contributed by atoms with van der Waals surface area (Å²) in [6.07, 6.45) is 5.17. The molecule has 0 aliphatic heterocycles. The van der Waals surface area contributed by atoms with Gasteiger partial charge in [0, 0.05) is 24.0 Å². The minimum Gasteiger partial charge on any atom is -0.496 e. The molecule has 0 spiro atoms. The smallest absolute Gasteiger partial charge is 0.264 e. The first kappa shape index (κ1) is 36.4. The maximum Gasteiger partial charge on any atom is 0.264 e. The number of nitrogens with one attached hydrogen (secondary N) is 1. The van der Waals surface area contributed by atoms with Gasteiger partial charge in [-0.1, -0.05) is 97.1 Å². The highest BCUT2D eigenvalue weighted by molar-refractivity contribution is 9.10. The van der Waals surface area contributed by atoms with Gasteiger partial charge in [-0.05, 0) is 83.2 Å². The van der Waals surface area contributed by atoms with Crippen LogP contribution in [0.1, 0.15) is 48.8 Å². The molecular weight excluding hydrogens is 726 g/mol. The lowest BCUT2D eigenvalue weighted by Gasteiger charge is -2.35. The van der Waals surface area contributed by atoms with Crippen LogP contribution in [-0.4, -0.2) is 50.9 Å². The number of rotatable bonds is 13. The van der Waals surface area contributed by atoms with E-state index >= 15 is 0 Å². The zero-order chi connectivity index (χ0) is 35.0. The number of carbonyl (C=O) groups excluding carboxylic acids is 2. The Kier molecular flexibility index (Phi) is 12.4. The van der Waals surface area contributed by atoms with Crippen molar-refractivity contribution in [3.05, 3.63) is 123 Å². The summed E-state index contributed by atoms with van der Waals surface area (Å²) in [5.41, 5.74) is 2.76. The highest BCUT2D eigenvalue weighted by Gasteiger charge is 2.36. The fourth-order valence-corrected chi connectivity index (χ4v) is 8.41. The number of hydrogen-bond acceptors (Lipinski definition) is 5. The Bertz CT molecular complexity index is 1850. The van der Waals surface area contributed by atoms with Gasteiger partial charge in [-0.3, -0.25) is 13.9 Å². The Balaban J connectivity index is 1.58. The summed E-state index contributed by atoms with van der Waals surface area (Å²) in [6, 6.07) is 27.2. The molecule has 8 nitrogen and oxygen atoms in total. The first-order valence-electron chi connectivity index (χ1n) is 16.4. The Morgan fingerprint density at radius 1 is 0.939 bits per heavy atom. The van der Waals surface area contributed by atoms with Crippen LogP contribution in [-0.2, 0) is 32.6 Å². The van der Waals surface area contributed by atoms with Crippen LogP contribution in [0.5, 0.6) is 5.75 Å². The van der Waals surface area contributed by atoms with Gasteiger partial charge in [0.05, 0.1) is 22.2 Å². The molecule has 4 aromatic carbocycles. The molecule has 0 heterocycles. The molecule has 0 saturated heterocycles. The molecule has 1 atom stereocenters. The first-order chi connectivity index (χ1) is 23.6. The summed E-state index contributed by atoms with van der Waals surface area (Å²) in [4.78, 5) is 30.5. The van der Waals surface area contributed by atoms with Gasteiger partial charge in [-0.25, -0.2) is 8.42 Å². The maximum absolute atomic E-state index is 14.8. The Morgan fingerprint density at radius 3 is 2.27 bits per heavy atom. The second kappa shape index (κ2) is 16.7. The van der Waals surface area contributed by atoms with Crippen molar-refractivity contribution in [2.45, 2.75) is 69.0 Å². The number of amides is 2. The predicted octanol–water partition coefficient (Wildman–Crippen LogP) is 7.70. The molecule has 1 N–H and O–H groups in total. The summed E-state index contributed by atoms with van der Waals surface area (Å²) >= 11 is 10.0. The van der Waals surface area contributed by atoms with Gasteiger partial charge in [0.15, 0.2) is 0 Å². The second-order valence-corrected chi connectivity index (χ2v) is 15.4. The van der Waals surface area contributed by atoms with E-state index < -0.39 is 28.5 Å². The number of anilines is 1. The molecule has 258 valence electrons. The SMILES string of the molecule is COc1ccc(S(=O)(=O)N(CC(=O)N(Cc2ccccc2Cl)[C@H](Cc2ccccc2)C(=O)NC2CCCCC2)c2ccc(C)cc2)cc1Br. The minimum atomic E-state index is -4.28. The monoisotopic (exact) mass is 765 g/mol. The second-order valence-electron chi connectivity index (χ2n) is 12.3. The number of benzene rings is 4. The molecule has 49 heavy (non-hydrogen) atoms. The van der Waals surface area contributed by atoms with Gasteiger partial charge in [0.1, 0.15) is 18.3 Å². The van der Waals surface area contributed by atoms with E-state index in [9.17, 15) is 18.0 Å². The number of carbonyl (C=O) groups is 2. The van der Waals surface area contributed by atoms with Gasteiger partial charge < -0.3 is 15.0 Å². The molecule has 4 aromatic rings. The topological polar surface area (TPSA) is 96.0 Å². The predicted molar refractivity (Wildman–Crippen MR) is 197 cm³/mol. The molecule has 0 radical (unpaired) electrons. The molecule has 0 aromatic heterocycles. The average Bonchev–Trinajstić information content (AvgIpc) is 3.10. The van der Waals surface area contributed by atoms with Gasteiger partial charge in [0.2, 0.25) is 11.8 Å². The molecule has 1 saturated carbocycles. The zero-order valence-corrected chi connectivity index (χ0v) is 30.8. The van der Waals surface area contributed by atoms with Crippen molar-refractivity contribution < 1.29 is 22.7 Å². The Hall–Kier alpha value is -3.86. The standard InChI is InChI=1S/C38H41BrClN3O5S/c1-27-17-19-31(20-18-27)43(49(46,47)32-21-22-36(48-2)33(39)24-32)26-37(44)42(25-29-13-9-10-16-34(29)40)35(23-28-11-5-3-6-12-28)38(45)41-30-14-7-4-8-15-30/h3,5-6,9-13,16-22,24,30,35H,4,7-8,14-15,23,25-26H2,1-2H3,(H,41,45)/t35-/m1/s1. The van der Waals surface area contributed by atoms with Crippen LogP contribution in [0, 0.1) is 6.92 Å². The zero-order valence-electron chi connectivity index (χ0n) is 27.6. The van der Waals surface area contributed by atoms with Crippen LogP contribution >= 0.6 is 27.5 Å². The average molecular weight is 767 g/mol. The van der Waals surface area contributed by atoms with Crippen LogP contribution in [0.25, 0.3) is 0 Å². The van der Waals surface area contributed by atoms with Crippen molar-refractivity contribution in [3.63, 3.8) is 0 Å². The lowest BCUT2D eigenvalue weighted by Crippen LogP contribution is -2.55. The van der Waals surface area contributed by atoms with Crippen LogP contribution in [0.4, 0.5) is 5.69 Å². The van der Waals surface area contributed by atoms with Crippen molar-refractivity contribution in [1.29, 1.82) is 0 Å². The van der Waals surface area contributed by atoms with Crippen LogP contribution in [0.2, 0.25) is 5.02 Å². The molecule has 5 rings (SSSR count). The van der Waals surface area contributed by atoms with Gasteiger partial charge in [-0.2, -0.15) is 0 Å². The van der Waals surface area contributed by atoms with E-state index in [-0.39, 0.29) is 29.8 Å². The number of hydrogen-bond donors (Lipinski definition) is 1. The van der Waals surface area contributed by atoms with Gasteiger partial charge in [-0.15, -0.1) is 0 Å². The van der Waals surface area contributed by atoms with Crippen molar-refractivity contribution in [3.8, 4) is 5.75 Å². The van der Waals surface area contributed by atoms with E-state index in [0.29, 0.717) is 26.5 Å². The fraction of sp³-hybridized carbons (Fsp3) is 0.316. The minimum absolute atomic E-state index is 0.00393. The van der Waals surface area contributed by atoms with Crippen molar-refractivity contribution in [2.24, 2.45) is 0 Å². The van der Waals surface area contributed by atoms with Crippen LogP contribution < -0.4 is 14.4 Å². The lowest BCUT2D eigenvalue weighted by atomic mass is 9.94. The number of ether oxygens (including phenoxy) is 1. The normalized spacial score (nSPS) is 14.1. The lowest BCUT2D eigenvalue weighted by molar-refractivity contribution is -0.140. The summed E-state index contributed by atoms with van der Waals surface area (Å²) in [5, 5.41) is 3.67. The molecule has 2 amide bonds. The first-order valence-corrected chi connectivity index (χ1v) is 19.0. The third-order valence-electron chi connectivity index (χ3n) is 8.83. The molecule has 1 fully saturated rings. The van der Waals surface area contributed by atoms with Crippen molar-refractivity contribution in [1.82, 2.24) is 10.2 Å². The maximum atomic E-state index is 14.8. The summed E-state index contributed by atoms with van der Waals surface area (Å²) in [6.45, 7) is 1.35. The van der Waals surface area contributed by atoms with Gasteiger partial charge in [0.25, 0.3) is 10.0 Å². The van der Waals surface area contributed by atoms with E-state index in [1.54, 1.807) is 42.5 Å². The molecule has 11 heteroatoms. The summed E-state index contributed by atoms with van der Waals surface area (Å²) < 4.78 is 35.7. The molecule has 0 unspecified atom stereocenters. The highest BCUT2D eigenvalue weighted by atomic mass is 79.9. The van der Waals surface area contributed by atoms with Crippen LogP contribution in [0.3, 0.4) is 0 Å². The number of methoxy groups -OCH3 is 1. The third kappa shape index (κ3) is 9.23. The van der Waals surface area contributed by atoms with Crippen molar-refractivity contribution >= 4 is 55.1 Å². The highest BCUT2D eigenvalue weighted by Crippen LogP contribution is 2.31. The van der Waals surface area contributed by atoms with Crippen molar-refractivity contribution in [2.75, 3.05) is 18.0 Å². The van der Waals surface area contributed by atoms with Crippen LogP contribution in [0.15, 0.2) is 106 Å². The van der Waals surface area contributed by atoms with E-state index in [4.69, 9.17) is 16.3 Å². The van der Waals surface area contributed by atoms with E-state index in [0.717, 1.165) is 47.5 Å². The number of sulfonamides is 1. The third-order valence-corrected chi connectivity index (χ3v) is 11.6. The number of halogens is 2. The van der Waals surface area contributed by atoms with Gasteiger partial charge >= 0.3 is 0 Å². The summed E-state index contributed by atoms with van der Waals surface area (Å²) in [5.74, 6) is -0.355. The largest absolute Gasteiger partial charge is 0.496 e. The van der Waals surface area contributed by atoms with E-state index in [1.807, 2.05) is 49.4 Å². The summed E-state index contributed by atoms with van der Waals surface area (Å²) in [7, 11) is -2.78.